The van der Waals surface area contributed by atoms with Crippen LogP contribution < -0.4 is 11.1 Å². The van der Waals surface area contributed by atoms with Crippen LogP contribution in [0.2, 0.25) is 0 Å². The molecule has 0 aliphatic heterocycles. The second kappa shape index (κ2) is 5.52. The van der Waals surface area contributed by atoms with E-state index in [4.69, 9.17) is 4.42 Å². The van der Waals surface area contributed by atoms with Gasteiger partial charge in [0, 0.05) is 5.69 Å². The molecule has 5 heteroatoms. The van der Waals surface area contributed by atoms with Crippen LogP contribution in [0.15, 0.2) is 45.6 Å². The highest BCUT2D eigenvalue weighted by Crippen LogP contribution is 2.17. The Labute approximate surface area is 127 Å². The van der Waals surface area contributed by atoms with Crippen molar-refractivity contribution in [2.75, 3.05) is 5.32 Å². The number of nitrogens with one attached hydrogen (secondary N) is 2. The van der Waals surface area contributed by atoms with Gasteiger partial charge in [-0.05, 0) is 43.2 Å². The van der Waals surface area contributed by atoms with Crippen LogP contribution in [0.1, 0.15) is 16.7 Å². The molecule has 2 aromatic carbocycles. The van der Waals surface area contributed by atoms with Crippen LogP contribution in [-0.2, 0) is 11.2 Å². The summed E-state index contributed by atoms with van der Waals surface area (Å²) in [4.78, 5) is 25.9. The van der Waals surface area contributed by atoms with E-state index in [1.165, 1.54) is 0 Å². The van der Waals surface area contributed by atoms with E-state index in [9.17, 15) is 9.59 Å². The molecular weight excluding hydrogens is 280 g/mol. The lowest BCUT2D eigenvalue weighted by Crippen LogP contribution is -2.15. The summed E-state index contributed by atoms with van der Waals surface area (Å²) < 4.78 is 4.94. The molecule has 0 saturated carbocycles. The van der Waals surface area contributed by atoms with Gasteiger partial charge in [-0.15, -0.1) is 0 Å². The maximum absolute atomic E-state index is 12.2. The monoisotopic (exact) mass is 296 g/mol. The van der Waals surface area contributed by atoms with Gasteiger partial charge in [-0.1, -0.05) is 23.8 Å². The summed E-state index contributed by atoms with van der Waals surface area (Å²) in [6, 6.07) is 11.1. The predicted molar refractivity (Wildman–Crippen MR) is 85.1 cm³/mol. The van der Waals surface area contributed by atoms with Crippen molar-refractivity contribution in [3.8, 4) is 0 Å². The smallest absolute Gasteiger partial charge is 0.408 e. The molecule has 2 N–H and O–H groups in total. The van der Waals surface area contributed by atoms with E-state index in [1.54, 1.807) is 18.2 Å². The van der Waals surface area contributed by atoms with E-state index in [1.807, 2.05) is 32.0 Å². The molecular formula is C17H16N2O3. The molecule has 0 bridgehead atoms. The van der Waals surface area contributed by atoms with Crippen molar-refractivity contribution >= 4 is 22.7 Å². The Morgan fingerprint density at radius 1 is 1.18 bits per heavy atom. The molecule has 0 unspecified atom stereocenters. The van der Waals surface area contributed by atoms with Crippen LogP contribution >= 0.6 is 0 Å². The normalized spacial score (nSPS) is 10.8. The lowest BCUT2D eigenvalue weighted by molar-refractivity contribution is -0.115. The fourth-order valence-electron chi connectivity index (χ4n) is 2.44. The summed E-state index contributed by atoms with van der Waals surface area (Å²) >= 11 is 0. The van der Waals surface area contributed by atoms with Gasteiger partial charge in [-0.25, -0.2) is 4.79 Å². The Kier molecular flexibility index (Phi) is 3.55. The standard InChI is InChI=1S/C17H16N2O3/c1-10-3-5-13(11(2)7-10)18-16(20)9-12-4-6-15-14(8-12)19-17(21)22-15/h3-8H,9H2,1-2H3,(H,18,20)(H,19,21). The predicted octanol–water partition coefficient (Wildman–Crippen LogP) is 2.92. The van der Waals surface area contributed by atoms with Gasteiger partial charge in [0.25, 0.3) is 0 Å². The van der Waals surface area contributed by atoms with Gasteiger partial charge in [-0.3, -0.25) is 9.78 Å². The Morgan fingerprint density at radius 3 is 2.77 bits per heavy atom. The van der Waals surface area contributed by atoms with E-state index in [0.717, 1.165) is 22.4 Å². The van der Waals surface area contributed by atoms with Gasteiger partial charge in [0.2, 0.25) is 5.91 Å². The summed E-state index contributed by atoms with van der Waals surface area (Å²) in [5.41, 5.74) is 4.90. The number of carbonyl (C=O) groups excluding carboxylic acids is 1. The van der Waals surface area contributed by atoms with Gasteiger partial charge >= 0.3 is 5.76 Å². The lowest BCUT2D eigenvalue weighted by Gasteiger charge is -2.09. The van der Waals surface area contributed by atoms with Crippen molar-refractivity contribution in [2.45, 2.75) is 20.3 Å². The number of benzene rings is 2. The number of aromatic nitrogens is 1. The van der Waals surface area contributed by atoms with Gasteiger partial charge in [-0.2, -0.15) is 0 Å². The zero-order chi connectivity index (χ0) is 15.7. The van der Waals surface area contributed by atoms with Crippen molar-refractivity contribution < 1.29 is 9.21 Å². The van der Waals surface area contributed by atoms with E-state index in [2.05, 4.69) is 10.3 Å². The molecule has 22 heavy (non-hydrogen) atoms. The second-order valence-electron chi connectivity index (χ2n) is 5.39. The number of anilines is 1. The molecule has 0 radical (unpaired) electrons. The molecule has 0 aliphatic carbocycles. The van der Waals surface area contributed by atoms with Crippen LogP contribution in [0.5, 0.6) is 0 Å². The Morgan fingerprint density at radius 2 is 2.00 bits per heavy atom. The maximum atomic E-state index is 12.2. The zero-order valence-electron chi connectivity index (χ0n) is 12.4. The third-order valence-electron chi connectivity index (χ3n) is 3.50. The number of H-pyrrole nitrogens is 1. The van der Waals surface area contributed by atoms with Crippen molar-refractivity contribution in [1.82, 2.24) is 4.98 Å². The van der Waals surface area contributed by atoms with Crippen molar-refractivity contribution in [3.05, 3.63) is 63.6 Å². The second-order valence-corrected chi connectivity index (χ2v) is 5.39. The highest BCUT2D eigenvalue weighted by atomic mass is 16.4. The average Bonchev–Trinajstić information content (AvgIpc) is 2.81. The number of hydrogen-bond acceptors (Lipinski definition) is 3. The van der Waals surface area contributed by atoms with E-state index < -0.39 is 5.76 Å². The van der Waals surface area contributed by atoms with Crippen LogP contribution in [0, 0.1) is 13.8 Å². The number of amides is 1. The molecule has 3 aromatic rings. The van der Waals surface area contributed by atoms with Crippen molar-refractivity contribution in [3.63, 3.8) is 0 Å². The van der Waals surface area contributed by atoms with Gasteiger partial charge in [0.15, 0.2) is 5.58 Å². The molecule has 0 fully saturated rings. The summed E-state index contributed by atoms with van der Waals surface area (Å²) in [5, 5.41) is 2.90. The van der Waals surface area contributed by atoms with Gasteiger partial charge < -0.3 is 9.73 Å². The molecule has 0 spiro atoms. The summed E-state index contributed by atoms with van der Waals surface area (Å²) in [6.07, 6.45) is 0.233. The maximum Gasteiger partial charge on any atom is 0.417 e. The molecule has 1 amide bonds. The first-order valence-electron chi connectivity index (χ1n) is 7.00. The Balaban J connectivity index is 1.76. The third-order valence-corrected chi connectivity index (χ3v) is 3.50. The summed E-state index contributed by atoms with van der Waals surface area (Å²) in [7, 11) is 0. The minimum absolute atomic E-state index is 0.0999. The lowest BCUT2D eigenvalue weighted by atomic mass is 10.1. The topological polar surface area (TPSA) is 75.1 Å². The first kappa shape index (κ1) is 14.1. The number of oxazole rings is 1. The number of carbonyl (C=O) groups is 1. The molecule has 1 heterocycles. The van der Waals surface area contributed by atoms with Crippen LogP contribution in [-0.4, -0.2) is 10.9 Å². The quantitative estimate of drug-likeness (QED) is 0.780. The fraction of sp³-hybridized carbons (Fsp3) is 0.176. The van der Waals surface area contributed by atoms with E-state index >= 15 is 0 Å². The Bertz CT molecular complexity index is 906. The molecule has 112 valence electrons. The minimum atomic E-state index is -0.494. The molecule has 3 rings (SSSR count). The molecule has 5 nitrogen and oxygen atoms in total. The number of aryl methyl sites for hydroxylation is 2. The number of hydrogen-bond donors (Lipinski definition) is 2. The summed E-state index contributed by atoms with van der Waals surface area (Å²) in [6.45, 7) is 3.98. The summed E-state index contributed by atoms with van der Waals surface area (Å²) in [5.74, 6) is -0.593. The molecule has 0 atom stereocenters. The highest BCUT2D eigenvalue weighted by Gasteiger charge is 2.08. The molecule has 0 saturated heterocycles. The van der Waals surface area contributed by atoms with Crippen molar-refractivity contribution in [2.24, 2.45) is 0 Å². The van der Waals surface area contributed by atoms with Crippen LogP contribution in [0.3, 0.4) is 0 Å². The van der Waals surface area contributed by atoms with Gasteiger partial charge in [0.1, 0.15) is 0 Å². The fourth-order valence-corrected chi connectivity index (χ4v) is 2.44. The average molecular weight is 296 g/mol. The number of fused-ring (bicyclic) bond motifs is 1. The van der Waals surface area contributed by atoms with E-state index in [0.29, 0.717) is 11.1 Å². The molecule has 1 aromatic heterocycles. The Hall–Kier alpha value is -2.82. The molecule has 0 aliphatic rings. The first-order valence-corrected chi connectivity index (χ1v) is 7.00. The van der Waals surface area contributed by atoms with Crippen LogP contribution in [0.25, 0.3) is 11.1 Å². The number of aromatic amines is 1. The third kappa shape index (κ3) is 2.93. The van der Waals surface area contributed by atoms with Crippen molar-refractivity contribution in [1.29, 1.82) is 0 Å². The van der Waals surface area contributed by atoms with Crippen LogP contribution in [0.4, 0.5) is 5.69 Å². The number of rotatable bonds is 3. The largest absolute Gasteiger partial charge is 0.417 e. The van der Waals surface area contributed by atoms with Gasteiger partial charge in [0.05, 0.1) is 11.9 Å². The first-order chi connectivity index (χ1) is 10.5. The zero-order valence-corrected chi connectivity index (χ0v) is 12.4. The minimum Gasteiger partial charge on any atom is -0.408 e. The highest BCUT2D eigenvalue weighted by molar-refractivity contribution is 5.93. The SMILES string of the molecule is Cc1ccc(NC(=O)Cc2ccc3oc(=O)[nH]c3c2)c(C)c1. The van der Waals surface area contributed by atoms with E-state index in [-0.39, 0.29) is 12.3 Å².